The SMILES string of the molecule is C[N+]1(CC(=O)N/N=C/c2ccccc2OC(=O)c2ccccc2)CCOCC1.[Cl-]. The Labute approximate surface area is 176 Å². The first-order chi connectivity index (χ1) is 13.6. The van der Waals surface area contributed by atoms with Crippen LogP contribution in [0.3, 0.4) is 0 Å². The van der Waals surface area contributed by atoms with Gasteiger partial charge >= 0.3 is 5.97 Å². The van der Waals surface area contributed by atoms with Crippen LogP contribution in [0.2, 0.25) is 0 Å². The standard InChI is InChI=1S/C21H23N3O4.ClH/c1-24(11-13-27-14-12-24)16-20(25)23-22-15-18-9-5-6-10-19(18)28-21(26)17-7-3-2-4-8-17;/h2-10,15H,11-14,16H2,1H3;1H/b22-15+;. The summed E-state index contributed by atoms with van der Waals surface area (Å²) >= 11 is 0. The third-order valence-electron chi connectivity index (χ3n) is 4.60. The second-order valence-corrected chi connectivity index (χ2v) is 6.92. The van der Waals surface area contributed by atoms with E-state index in [2.05, 4.69) is 10.5 Å². The molecule has 1 fully saturated rings. The van der Waals surface area contributed by atoms with Gasteiger partial charge in [0.15, 0.2) is 6.54 Å². The third kappa shape index (κ3) is 6.67. The second-order valence-electron chi connectivity index (χ2n) is 6.92. The van der Waals surface area contributed by atoms with Crippen LogP contribution in [0.5, 0.6) is 5.75 Å². The molecule has 0 spiro atoms. The van der Waals surface area contributed by atoms with Crippen molar-refractivity contribution in [3.05, 3.63) is 65.7 Å². The van der Waals surface area contributed by atoms with Gasteiger partial charge in [-0.25, -0.2) is 10.2 Å². The Balaban J connectivity index is 0.00000300. The molecule has 1 saturated heterocycles. The predicted molar refractivity (Wildman–Crippen MR) is 105 cm³/mol. The summed E-state index contributed by atoms with van der Waals surface area (Å²) in [6, 6.07) is 15.8. The Bertz CT molecular complexity index is 852. The maximum atomic E-state index is 12.3. The Hall–Kier alpha value is -2.74. The van der Waals surface area contributed by atoms with Gasteiger partial charge in [0.05, 0.1) is 32.0 Å². The van der Waals surface area contributed by atoms with E-state index >= 15 is 0 Å². The lowest BCUT2D eigenvalue weighted by atomic mass is 10.2. The zero-order valence-corrected chi connectivity index (χ0v) is 17.0. The number of quaternary nitrogens is 1. The zero-order valence-electron chi connectivity index (χ0n) is 16.2. The molecule has 2 aromatic rings. The first-order valence-corrected chi connectivity index (χ1v) is 9.15. The minimum Gasteiger partial charge on any atom is -1.00 e. The molecule has 0 atom stereocenters. The van der Waals surface area contributed by atoms with Gasteiger partial charge in [0.1, 0.15) is 18.8 Å². The number of carbonyl (C=O) groups excluding carboxylic acids is 2. The fourth-order valence-electron chi connectivity index (χ4n) is 2.91. The summed E-state index contributed by atoms with van der Waals surface area (Å²) in [5.74, 6) is -0.240. The van der Waals surface area contributed by atoms with Crippen LogP contribution in [0.4, 0.5) is 0 Å². The second kappa shape index (κ2) is 10.7. The molecule has 154 valence electrons. The van der Waals surface area contributed by atoms with Gasteiger partial charge in [0, 0.05) is 5.56 Å². The summed E-state index contributed by atoms with van der Waals surface area (Å²) < 4.78 is 11.4. The number of halogens is 1. The van der Waals surface area contributed by atoms with Gasteiger partial charge < -0.3 is 26.4 Å². The highest BCUT2D eigenvalue weighted by Gasteiger charge is 2.28. The van der Waals surface area contributed by atoms with Crippen LogP contribution in [0.25, 0.3) is 0 Å². The summed E-state index contributed by atoms with van der Waals surface area (Å²) in [5, 5.41) is 4.02. The first kappa shape index (κ1) is 22.5. The summed E-state index contributed by atoms with van der Waals surface area (Å²) in [6.45, 7) is 3.26. The van der Waals surface area contributed by atoms with Crippen LogP contribution >= 0.6 is 0 Å². The van der Waals surface area contributed by atoms with Gasteiger partial charge in [-0.3, -0.25) is 4.79 Å². The Morgan fingerprint density at radius 1 is 1.10 bits per heavy atom. The molecule has 29 heavy (non-hydrogen) atoms. The van der Waals surface area contributed by atoms with Crippen molar-refractivity contribution >= 4 is 18.1 Å². The first-order valence-electron chi connectivity index (χ1n) is 9.15. The molecule has 7 nitrogen and oxygen atoms in total. The fraction of sp³-hybridized carbons (Fsp3) is 0.286. The van der Waals surface area contributed by atoms with Gasteiger partial charge in [0.2, 0.25) is 0 Å². The summed E-state index contributed by atoms with van der Waals surface area (Å²) in [6.07, 6.45) is 1.48. The summed E-state index contributed by atoms with van der Waals surface area (Å²) in [7, 11) is 2.03. The topological polar surface area (TPSA) is 77.0 Å². The molecule has 0 unspecified atom stereocenters. The number of ether oxygens (including phenoxy) is 2. The minimum atomic E-state index is -0.449. The van der Waals surface area contributed by atoms with Crippen molar-refractivity contribution in [1.29, 1.82) is 0 Å². The molecule has 1 aliphatic heterocycles. The molecule has 1 heterocycles. The third-order valence-corrected chi connectivity index (χ3v) is 4.60. The highest BCUT2D eigenvalue weighted by atomic mass is 35.5. The minimum absolute atomic E-state index is 0. The van der Waals surface area contributed by atoms with E-state index in [1.165, 1.54) is 6.21 Å². The number of hydrogen-bond acceptors (Lipinski definition) is 5. The average Bonchev–Trinajstić information content (AvgIpc) is 2.70. The molecule has 2 aromatic carbocycles. The maximum Gasteiger partial charge on any atom is 0.343 e. The van der Waals surface area contributed by atoms with Gasteiger partial charge in [-0.05, 0) is 24.3 Å². The van der Waals surface area contributed by atoms with Crippen molar-refractivity contribution in [2.24, 2.45) is 5.10 Å². The molecule has 0 aromatic heterocycles. The number of para-hydroxylation sites is 1. The zero-order chi connectivity index (χ0) is 19.8. The van der Waals surface area contributed by atoms with E-state index in [4.69, 9.17) is 9.47 Å². The number of morpholine rings is 1. The molecule has 3 rings (SSSR count). The normalized spacial score (nSPS) is 15.3. The monoisotopic (exact) mass is 417 g/mol. The summed E-state index contributed by atoms with van der Waals surface area (Å²) in [4.78, 5) is 24.4. The van der Waals surface area contributed by atoms with Gasteiger partial charge in [-0.2, -0.15) is 5.10 Å². The summed E-state index contributed by atoms with van der Waals surface area (Å²) in [5.41, 5.74) is 3.61. The molecule has 1 aliphatic rings. The number of rotatable bonds is 6. The lowest BCUT2D eigenvalue weighted by Crippen LogP contribution is -3.00. The molecule has 0 saturated carbocycles. The molecule has 1 N–H and O–H groups in total. The van der Waals surface area contributed by atoms with Crippen molar-refractivity contribution in [1.82, 2.24) is 5.43 Å². The highest BCUT2D eigenvalue weighted by molar-refractivity contribution is 5.93. The number of carbonyl (C=O) groups is 2. The number of nitrogens with one attached hydrogen (secondary N) is 1. The number of nitrogens with zero attached hydrogens (tertiary/aromatic N) is 2. The van der Waals surface area contributed by atoms with E-state index in [1.807, 2.05) is 19.2 Å². The van der Waals surface area contributed by atoms with Gasteiger partial charge in [-0.15, -0.1) is 0 Å². The molecular formula is C21H24ClN3O4. The van der Waals surface area contributed by atoms with E-state index in [0.29, 0.717) is 41.1 Å². The Morgan fingerprint density at radius 3 is 2.48 bits per heavy atom. The lowest BCUT2D eigenvalue weighted by Gasteiger charge is -2.36. The Kier molecular flexibility index (Phi) is 8.33. The van der Waals surface area contributed by atoms with Crippen LogP contribution in [0.1, 0.15) is 15.9 Å². The maximum absolute atomic E-state index is 12.3. The van der Waals surface area contributed by atoms with E-state index < -0.39 is 5.97 Å². The van der Waals surface area contributed by atoms with Crippen LogP contribution in [-0.2, 0) is 9.53 Å². The molecular weight excluding hydrogens is 394 g/mol. The van der Waals surface area contributed by atoms with Crippen LogP contribution < -0.4 is 22.6 Å². The fourth-order valence-corrected chi connectivity index (χ4v) is 2.91. The Morgan fingerprint density at radius 2 is 1.76 bits per heavy atom. The van der Waals surface area contributed by atoms with E-state index in [1.54, 1.807) is 42.5 Å². The van der Waals surface area contributed by atoms with Crippen molar-refractivity contribution in [2.45, 2.75) is 0 Å². The molecule has 1 amide bonds. The quantitative estimate of drug-likeness (QED) is 0.211. The van der Waals surface area contributed by atoms with Crippen LogP contribution in [-0.4, -0.2) is 62.5 Å². The van der Waals surface area contributed by atoms with Crippen molar-refractivity contribution < 1.29 is 36.0 Å². The van der Waals surface area contributed by atoms with Crippen molar-refractivity contribution in [3.8, 4) is 5.75 Å². The molecule has 8 heteroatoms. The smallest absolute Gasteiger partial charge is 0.343 e. The lowest BCUT2D eigenvalue weighted by molar-refractivity contribution is -0.909. The molecule has 0 aliphatic carbocycles. The number of esters is 1. The van der Waals surface area contributed by atoms with Crippen LogP contribution in [0, 0.1) is 0 Å². The number of amides is 1. The van der Waals surface area contributed by atoms with Crippen molar-refractivity contribution in [2.75, 3.05) is 39.9 Å². The van der Waals surface area contributed by atoms with E-state index in [0.717, 1.165) is 13.1 Å². The van der Waals surface area contributed by atoms with Gasteiger partial charge in [-0.1, -0.05) is 30.3 Å². The predicted octanol–water partition coefficient (Wildman–Crippen LogP) is -1.16. The largest absolute Gasteiger partial charge is 1.00 e. The molecule has 0 radical (unpaired) electrons. The van der Waals surface area contributed by atoms with E-state index in [-0.39, 0.29) is 18.3 Å². The van der Waals surface area contributed by atoms with Crippen LogP contribution in [0.15, 0.2) is 59.7 Å². The van der Waals surface area contributed by atoms with E-state index in [9.17, 15) is 9.59 Å². The number of likely N-dealkylation sites (N-methyl/N-ethyl adjacent to an activating group) is 1. The number of hydrogen-bond donors (Lipinski definition) is 1. The highest BCUT2D eigenvalue weighted by Crippen LogP contribution is 2.17. The van der Waals surface area contributed by atoms with Gasteiger partial charge in [0.25, 0.3) is 5.91 Å². The van der Waals surface area contributed by atoms with Crippen molar-refractivity contribution in [3.63, 3.8) is 0 Å². The molecule has 0 bridgehead atoms. The average molecular weight is 418 g/mol. The number of hydrazone groups is 1. The number of benzene rings is 2.